The summed E-state index contributed by atoms with van der Waals surface area (Å²) in [5.41, 5.74) is 0.944. The minimum absolute atomic E-state index is 0.0348. The van der Waals surface area contributed by atoms with Crippen molar-refractivity contribution < 1.29 is 13.6 Å². The fraction of sp³-hybridized carbons (Fsp3) is 0.478. The van der Waals surface area contributed by atoms with Gasteiger partial charge in [0.25, 0.3) is 8.32 Å². The predicted molar refractivity (Wildman–Crippen MR) is 122 cm³/mol. The summed E-state index contributed by atoms with van der Waals surface area (Å²) in [5, 5.41) is 3.04. The average molecular weight is 430 g/mol. The van der Waals surface area contributed by atoms with Crippen LogP contribution in [0.2, 0.25) is 18.1 Å². The first-order valence-electron chi connectivity index (χ1n) is 10.5. The van der Waals surface area contributed by atoms with Crippen LogP contribution < -0.4 is 14.6 Å². The average Bonchev–Trinajstić information content (AvgIpc) is 2.69. The SMILES string of the molecule is CC(C)(C)[Si](C)(C)Oc1ccc(NC(=O)C2CCCN(c3ccc(F)cc3)C2)nc1. The minimum atomic E-state index is -1.92. The molecule has 1 fully saturated rings. The summed E-state index contributed by atoms with van der Waals surface area (Å²) in [5.74, 6) is 0.847. The van der Waals surface area contributed by atoms with Gasteiger partial charge < -0.3 is 14.6 Å². The molecule has 0 aliphatic carbocycles. The topological polar surface area (TPSA) is 54.5 Å². The van der Waals surface area contributed by atoms with Crippen LogP contribution >= 0.6 is 0 Å². The lowest BCUT2D eigenvalue weighted by Gasteiger charge is -2.36. The van der Waals surface area contributed by atoms with Crippen molar-refractivity contribution in [3.05, 3.63) is 48.4 Å². The van der Waals surface area contributed by atoms with Crippen LogP contribution in [0.25, 0.3) is 0 Å². The number of hydrogen-bond donors (Lipinski definition) is 1. The molecule has 1 aliphatic heterocycles. The van der Waals surface area contributed by atoms with Gasteiger partial charge in [-0.2, -0.15) is 0 Å². The maximum Gasteiger partial charge on any atom is 0.250 e. The van der Waals surface area contributed by atoms with E-state index in [1.807, 2.05) is 6.07 Å². The van der Waals surface area contributed by atoms with Gasteiger partial charge in [0.15, 0.2) is 0 Å². The molecule has 0 spiro atoms. The normalized spacial score (nSPS) is 17.5. The van der Waals surface area contributed by atoms with E-state index in [1.165, 1.54) is 12.1 Å². The van der Waals surface area contributed by atoms with Crippen LogP contribution in [0.15, 0.2) is 42.6 Å². The molecular formula is C23H32FN3O2Si. The number of benzene rings is 1. The Morgan fingerprint density at radius 2 is 1.90 bits per heavy atom. The third-order valence-electron chi connectivity index (χ3n) is 6.15. The summed E-state index contributed by atoms with van der Waals surface area (Å²) in [6.45, 7) is 12.5. The van der Waals surface area contributed by atoms with Crippen LogP contribution in [0.1, 0.15) is 33.6 Å². The molecule has 1 N–H and O–H groups in total. The molecule has 1 saturated heterocycles. The van der Waals surface area contributed by atoms with E-state index in [-0.39, 0.29) is 22.7 Å². The standard InChI is InChI=1S/C23H32FN3O2Si/c1-23(2,3)30(4,5)29-20-12-13-21(25-15-20)26-22(28)17-7-6-14-27(16-17)19-10-8-18(24)9-11-19/h8-13,15,17H,6-7,14,16H2,1-5H3,(H,25,26,28). The van der Waals surface area contributed by atoms with Crippen molar-refractivity contribution in [1.82, 2.24) is 4.98 Å². The maximum absolute atomic E-state index is 13.2. The van der Waals surface area contributed by atoms with Crippen molar-refractivity contribution in [2.24, 2.45) is 5.92 Å². The summed E-state index contributed by atoms with van der Waals surface area (Å²) in [4.78, 5) is 19.3. The smallest absolute Gasteiger partial charge is 0.250 e. The summed E-state index contributed by atoms with van der Waals surface area (Å²) in [6.07, 6.45) is 3.43. The molecule has 7 heteroatoms. The fourth-order valence-electron chi connectivity index (χ4n) is 3.27. The first-order chi connectivity index (χ1) is 14.0. The lowest BCUT2D eigenvalue weighted by atomic mass is 9.96. The number of rotatable bonds is 5. The number of carbonyl (C=O) groups excluding carboxylic acids is 1. The summed E-state index contributed by atoms with van der Waals surface area (Å²) < 4.78 is 19.4. The first-order valence-corrected chi connectivity index (χ1v) is 13.4. The van der Waals surface area contributed by atoms with Crippen molar-refractivity contribution in [2.75, 3.05) is 23.3 Å². The van der Waals surface area contributed by atoms with Crippen LogP contribution in [0, 0.1) is 11.7 Å². The number of aromatic nitrogens is 1. The van der Waals surface area contributed by atoms with Gasteiger partial charge in [-0.15, -0.1) is 0 Å². The Bertz CT molecular complexity index is 864. The van der Waals surface area contributed by atoms with Crippen molar-refractivity contribution in [3.63, 3.8) is 0 Å². The van der Waals surface area contributed by atoms with Gasteiger partial charge in [0.05, 0.1) is 12.1 Å². The van der Waals surface area contributed by atoms with Gasteiger partial charge in [-0.25, -0.2) is 9.37 Å². The number of pyridine rings is 1. The lowest BCUT2D eigenvalue weighted by Crippen LogP contribution is -2.43. The number of anilines is 2. The number of nitrogens with one attached hydrogen (secondary N) is 1. The molecule has 1 unspecified atom stereocenters. The third kappa shape index (κ3) is 5.39. The zero-order valence-corrected chi connectivity index (χ0v) is 19.5. The van der Waals surface area contributed by atoms with Crippen molar-refractivity contribution in [2.45, 2.75) is 51.7 Å². The molecule has 1 atom stereocenters. The molecule has 1 aromatic carbocycles. The van der Waals surface area contributed by atoms with Crippen LogP contribution in [-0.2, 0) is 4.79 Å². The molecule has 2 heterocycles. The van der Waals surface area contributed by atoms with E-state index < -0.39 is 8.32 Å². The number of amides is 1. The van der Waals surface area contributed by atoms with E-state index in [2.05, 4.69) is 49.1 Å². The molecule has 3 rings (SSSR count). The van der Waals surface area contributed by atoms with Gasteiger partial charge in [-0.1, -0.05) is 20.8 Å². The number of nitrogens with zero attached hydrogens (tertiary/aromatic N) is 2. The van der Waals surface area contributed by atoms with Crippen LogP contribution in [0.4, 0.5) is 15.9 Å². The zero-order valence-electron chi connectivity index (χ0n) is 18.5. The van der Waals surface area contributed by atoms with Gasteiger partial charge in [-0.3, -0.25) is 4.79 Å². The second-order valence-corrected chi connectivity index (χ2v) is 14.2. The quantitative estimate of drug-likeness (QED) is 0.641. The minimum Gasteiger partial charge on any atom is -0.542 e. The highest BCUT2D eigenvalue weighted by atomic mass is 28.4. The van der Waals surface area contributed by atoms with Gasteiger partial charge in [0, 0.05) is 18.8 Å². The van der Waals surface area contributed by atoms with Crippen molar-refractivity contribution in [1.29, 1.82) is 0 Å². The fourth-order valence-corrected chi connectivity index (χ4v) is 4.28. The number of halogens is 1. The van der Waals surface area contributed by atoms with Gasteiger partial charge in [0.1, 0.15) is 17.4 Å². The molecule has 5 nitrogen and oxygen atoms in total. The summed E-state index contributed by atoms with van der Waals surface area (Å²) >= 11 is 0. The highest BCUT2D eigenvalue weighted by molar-refractivity contribution is 6.74. The van der Waals surface area contributed by atoms with Gasteiger partial charge >= 0.3 is 0 Å². The van der Waals surface area contributed by atoms with E-state index in [0.29, 0.717) is 12.4 Å². The molecule has 1 aromatic heterocycles. The maximum atomic E-state index is 13.2. The van der Waals surface area contributed by atoms with E-state index in [0.717, 1.165) is 30.8 Å². The second-order valence-electron chi connectivity index (χ2n) is 9.49. The van der Waals surface area contributed by atoms with E-state index >= 15 is 0 Å². The predicted octanol–water partition coefficient (Wildman–Crippen LogP) is 5.46. The molecule has 0 saturated carbocycles. The van der Waals surface area contributed by atoms with E-state index in [1.54, 1.807) is 24.4 Å². The third-order valence-corrected chi connectivity index (χ3v) is 10.5. The van der Waals surface area contributed by atoms with Crippen LogP contribution in [0.3, 0.4) is 0 Å². The molecular weight excluding hydrogens is 397 g/mol. The molecule has 2 aromatic rings. The van der Waals surface area contributed by atoms with Crippen molar-refractivity contribution >= 4 is 25.7 Å². The van der Waals surface area contributed by atoms with Gasteiger partial charge in [-0.05, 0) is 67.4 Å². The monoisotopic (exact) mass is 429 g/mol. The second kappa shape index (κ2) is 8.76. The van der Waals surface area contributed by atoms with Crippen LogP contribution in [-0.4, -0.2) is 32.3 Å². The number of piperidine rings is 1. The molecule has 1 amide bonds. The Balaban J connectivity index is 1.59. The Labute approximate surface area is 179 Å². The molecule has 30 heavy (non-hydrogen) atoms. The Morgan fingerprint density at radius 1 is 1.20 bits per heavy atom. The van der Waals surface area contributed by atoms with E-state index in [4.69, 9.17) is 4.43 Å². The van der Waals surface area contributed by atoms with Gasteiger partial charge in [0.2, 0.25) is 5.91 Å². The molecule has 0 radical (unpaired) electrons. The molecule has 1 aliphatic rings. The first kappa shape index (κ1) is 22.3. The highest BCUT2D eigenvalue weighted by Crippen LogP contribution is 2.37. The largest absolute Gasteiger partial charge is 0.542 e. The van der Waals surface area contributed by atoms with Crippen LogP contribution in [0.5, 0.6) is 5.75 Å². The number of carbonyl (C=O) groups is 1. The highest BCUT2D eigenvalue weighted by Gasteiger charge is 2.39. The lowest BCUT2D eigenvalue weighted by molar-refractivity contribution is -0.120. The number of hydrogen-bond acceptors (Lipinski definition) is 4. The summed E-state index contributed by atoms with van der Waals surface area (Å²) in [6, 6.07) is 10.1. The Kier molecular flexibility index (Phi) is 6.50. The van der Waals surface area contributed by atoms with Crippen molar-refractivity contribution in [3.8, 4) is 5.75 Å². The molecule has 162 valence electrons. The zero-order chi connectivity index (χ0) is 21.9. The molecule has 0 bridgehead atoms. The Morgan fingerprint density at radius 3 is 2.50 bits per heavy atom. The van der Waals surface area contributed by atoms with E-state index in [9.17, 15) is 9.18 Å². The summed E-state index contributed by atoms with van der Waals surface area (Å²) in [7, 11) is -1.92. The Hall–Kier alpha value is -2.41.